The van der Waals surface area contributed by atoms with E-state index in [0.29, 0.717) is 23.0 Å². The second-order valence-electron chi connectivity index (χ2n) is 4.89. The van der Waals surface area contributed by atoms with Crippen LogP contribution in [0.4, 0.5) is 5.82 Å². The highest BCUT2D eigenvalue weighted by Gasteiger charge is 2.30. The van der Waals surface area contributed by atoms with Crippen LogP contribution in [-0.2, 0) is 4.74 Å². The van der Waals surface area contributed by atoms with Crippen molar-refractivity contribution in [1.29, 1.82) is 0 Å². The highest BCUT2D eigenvalue weighted by atomic mass is 32.1. The van der Waals surface area contributed by atoms with Crippen molar-refractivity contribution in [3.63, 3.8) is 0 Å². The molecule has 0 saturated heterocycles. The fourth-order valence-electron chi connectivity index (χ4n) is 2.26. The summed E-state index contributed by atoms with van der Waals surface area (Å²) in [4.78, 5) is 0.360. The van der Waals surface area contributed by atoms with E-state index < -0.39 is 0 Å². The van der Waals surface area contributed by atoms with E-state index in [-0.39, 0.29) is 0 Å². The number of hydrogen-bond acceptors (Lipinski definition) is 5. The number of thiocarbonyl (C=S) groups is 1. The zero-order valence-electron chi connectivity index (χ0n) is 11.6. The standard InChI is InChI=1S/C13H20N4OS/c1-4-18-10-5-9(6-10)15-13-11(12(14)19)7(2)8(3)16-17-13/h9-10H,4-6H2,1-3H3,(H2,14,19)(H,15,17). The van der Waals surface area contributed by atoms with E-state index in [1.54, 1.807) is 0 Å². The zero-order chi connectivity index (χ0) is 14.0. The lowest BCUT2D eigenvalue weighted by Crippen LogP contribution is -2.41. The second-order valence-corrected chi connectivity index (χ2v) is 5.33. The number of aromatic nitrogens is 2. The molecular formula is C13H20N4OS. The third-order valence-electron chi connectivity index (χ3n) is 3.54. The van der Waals surface area contributed by atoms with Gasteiger partial charge in [-0.05, 0) is 39.2 Å². The van der Waals surface area contributed by atoms with Crippen LogP contribution in [0.1, 0.15) is 36.6 Å². The van der Waals surface area contributed by atoms with Crippen LogP contribution >= 0.6 is 12.2 Å². The number of rotatable bonds is 5. The van der Waals surface area contributed by atoms with Gasteiger partial charge in [-0.1, -0.05) is 12.2 Å². The Labute approximate surface area is 118 Å². The lowest BCUT2D eigenvalue weighted by Gasteiger charge is -2.36. The predicted molar refractivity (Wildman–Crippen MR) is 79.5 cm³/mol. The van der Waals surface area contributed by atoms with Crippen LogP contribution in [0.15, 0.2) is 0 Å². The average molecular weight is 280 g/mol. The average Bonchev–Trinajstić information content (AvgIpc) is 2.30. The van der Waals surface area contributed by atoms with Gasteiger partial charge in [-0.3, -0.25) is 0 Å². The number of hydrogen-bond donors (Lipinski definition) is 2. The highest BCUT2D eigenvalue weighted by Crippen LogP contribution is 2.28. The molecule has 19 heavy (non-hydrogen) atoms. The Morgan fingerprint density at radius 1 is 1.42 bits per heavy atom. The number of anilines is 1. The minimum atomic E-state index is 0.357. The molecule has 0 radical (unpaired) electrons. The van der Waals surface area contributed by atoms with Crippen molar-refractivity contribution >= 4 is 23.0 Å². The van der Waals surface area contributed by atoms with E-state index in [0.717, 1.165) is 36.3 Å². The normalized spacial score (nSPS) is 21.8. The number of aryl methyl sites for hydroxylation is 1. The molecule has 0 aliphatic heterocycles. The highest BCUT2D eigenvalue weighted by molar-refractivity contribution is 7.80. The Balaban J connectivity index is 2.09. The van der Waals surface area contributed by atoms with Gasteiger partial charge in [0.2, 0.25) is 0 Å². The molecule has 3 N–H and O–H groups in total. The molecule has 6 heteroatoms. The minimum Gasteiger partial charge on any atom is -0.389 e. The van der Waals surface area contributed by atoms with Gasteiger partial charge in [0, 0.05) is 12.6 Å². The molecule has 1 aromatic rings. The van der Waals surface area contributed by atoms with Crippen molar-refractivity contribution in [2.45, 2.75) is 45.8 Å². The van der Waals surface area contributed by atoms with Gasteiger partial charge in [0.15, 0.2) is 5.82 Å². The molecule has 1 aliphatic carbocycles. The Hall–Kier alpha value is -1.27. The van der Waals surface area contributed by atoms with Crippen molar-refractivity contribution in [2.24, 2.45) is 5.73 Å². The van der Waals surface area contributed by atoms with E-state index in [4.69, 9.17) is 22.7 Å². The quantitative estimate of drug-likeness (QED) is 0.800. The van der Waals surface area contributed by atoms with Crippen molar-refractivity contribution in [2.75, 3.05) is 11.9 Å². The summed E-state index contributed by atoms with van der Waals surface area (Å²) in [6, 6.07) is 0.362. The molecule has 1 aliphatic rings. The van der Waals surface area contributed by atoms with Crippen molar-refractivity contribution in [3.05, 3.63) is 16.8 Å². The van der Waals surface area contributed by atoms with Gasteiger partial charge < -0.3 is 15.8 Å². The summed E-state index contributed by atoms with van der Waals surface area (Å²) in [6.45, 7) is 6.65. The lowest BCUT2D eigenvalue weighted by molar-refractivity contribution is 0.00290. The summed E-state index contributed by atoms with van der Waals surface area (Å²) in [7, 11) is 0. The van der Waals surface area contributed by atoms with Crippen LogP contribution in [-0.4, -0.2) is 33.9 Å². The summed E-state index contributed by atoms with van der Waals surface area (Å²) < 4.78 is 5.54. The van der Waals surface area contributed by atoms with Crippen LogP contribution in [0.3, 0.4) is 0 Å². The first kappa shape index (κ1) is 14.1. The number of nitrogens with one attached hydrogen (secondary N) is 1. The Kier molecular flexibility index (Phi) is 4.31. The van der Waals surface area contributed by atoms with Crippen LogP contribution in [0.5, 0.6) is 0 Å². The molecule has 0 unspecified atom stereocenters. The molecule has 5 nitrogen and oxygen atoms in total. The molecule has 0 atom stereocenters. The van der Waals surface area contributed by atoms with Gasteiger partial charge in [-0.15, -0.1) is 5.10 Å². The molecule has 0 aromatic carbocycles. The van der Waals surface area contributed by atoms with Gasteiger partial charge in [0.05, 0.1) is 17.4 Å². The largest absolute Gasteiger partial charge is 0.389 e. The SMILES string of the molecule is CCOC1CC(Nc2nnc(C)c(C)c2C(N)=S)C1. The van der Waals surface area contributed by atoms with Crippen molar-refractivity contribution in [3.8, 4) is 0 Å². The maximum Gasteiger partial charge on any atom is 0.159 e. The fraction of sp³-hybridized carbons (Fsp3) is 0.615. The summed E-state index contributed by atoms with van der Waals surface area (Å²) >= 11 is 5.11. The number of nitrogens with zero attached hydrogens (tertiary/aromatic N) is 2. The molecule has 0 amide bonds. The summed E-state index contributed by atoms with van der Waals surface area (Å²) in [6.07, 6.45) is 2.33. The van der Waals surface area contributed by atoms with Crippen LogP contribution < -0.4 is 11.1 Å². The van der Waals surface area contributed by atoms with Gasteiger partial charge in [0.1, 0.15) is 4.99 Å². The monoisotopic (exact) mass is 280 g/mol. The van der Waals surface area contributed by atoms with E-state index in [1.807, 2.05) is 20.8 Å². The van der Waals surface area contributed by atoms with E-state index in [2.05, 4.69) is 15.5 Å². The second kappa shape index (κ2) is 5.79. The molecular weight excluding hydrogens is 260 g/mol. The molecule has 1 heterocycles. The first-order valence-electron chi connectivity index (χ1n) is 6.54. The van der Waals surface area contributed by atoms with Crippen LogP contribution in [0, 0.1) is 13.8 Å². The zero-order valence-corrected chi connectivity index (χ0v) is 12.4. The summed E-state index contributed by atoms with van der Waals surface area (Å²) in [5.41, 5.74) is 8.45. The molecule has 1 aromatic heterocycles. The van der Waals surface area contributed by atoms with E-state index in [9.17, 15) is 0 Å². The molecule has 1 fully saturated rings. The van der Waals surface area contributed by atoms with Crippen molar-refractivity contribution < 1.29 is 4.74 Å². The van der Waals surface area contributed by atoms with Crippen LogP contribution in [0.2, 0.25) is 0 Å². The van der Waals surface area contributed by atoms with Gasteiger partial charge in [0.25, 0.3) is 0 Å². The topological polar surface area (TPSA) is 73.1 Å². The number of ether oxygens (including phenoxy) is 1. The Morgan fingerprint density at radius 2 is 2.11 bits per heavy atom. The molecule has 0 spiro atoms. The predicted octanol–water partition coefficient (Wildman–Crippen LogP) is 1.71. The lowest BCUT2D eigenvalue weighted by atomic mass is 9.89. The summed E-state index contributed by atoms with van der Waals surface area (Å²) in [5, 5.41) is 11.7. The first-order chi connectivity index (χ1) is 9.02. The third kappa shape index (κ3) is 3.01. The van der Waals surface area contributed by atoms with Gasteiger partial charge in [-0.25, -0.2) is 0 Å². The number of nitrogens with two attached hydrogens (primary N) is 1. The third-order valence-corrected chi connectivity index (χ3v) is 3.74. The molecule has 0 bridgehead atoms. The molecule has 1 saturated carbocycles. The van der Waals surface area contributed by atoms with Gasteiger partial charge >= 0.3 is 0 Å². The first-order valence-corrected chi connectivity index (χ1v) is 6.95. The maximum absolute atomic E-state index is 5.79. The Morgan fingerprint density at radius 3 is 2.68 bits per heavy atom. The minimum absolute atomic E-state index is 0.357. The molecule has 2 rings (SSSR count). The maximum atomic E-state index is 5.79. The fourth-order valence-corrected chi connectivity index (χ4v) is 2.51. The summed E-state index contributed by atoms with van der Waals surface area (Å²) in [5.74, 6) is 0.690. The van der Waals surface area contributed by atoms with Crippen molar-refractivity contribution in [1.82, 2.24) is 10.2 Å². The smallest absolute Gasteiger partial charge is 0.159 e. The van der Waals surface area contributed by atoms with E-state index in [1.165, 1.54) is 0 Å². The van der Waals surface area contributed by atoms with E-state index >= 15 is 0 Å². The molecule has 104 valence electrons. The van der Waals surface area contributed by atoms with Gasteiger partial charge in [-0.2, -0.15) is 5.10 Å². The van der Waals surface area contributed by atoms with Crippen LogP contribution in [0.25, 0.3) is 0 Å². The Bertz CT molecular complexity index is 486.